The highest BCUT2D eigenvalue weighted by Gasteiger charge is 2.44. The van der Waals surface area contributed by atoms with Crippen LogP contribution in [-0.2, 0) is 14.3 Å². The quantitative estimate of drug-likeness (QED) is 0.494. The Morgan fingerprint density at radius 2 is 2.17 bits per heavy atom. The number of benzene rings is 1. The van der Waals surface area contributed by atoms with Crippen LogP contribution in [0.3, 0.4) is 0 Å². The smallest absolute Gasteiger partial charge is 0.322 e. The molecule has 1 aromatic rings. The van der Waals surface area contributed by atoms with Gasteiger partial charge in [0, 0.05) is 25.2 Å². The van der Waals surface area contributed by atoms with Crippen molar-refractivity contribution in [3.8, 4) is 0 Å². The largest absolute Gasteiger partial charge is 0.383 e. The summed E-state index contributed by atoms with van der Waals surface area (Å²) >= 11 is 6.33. The van der Waals surface area contributed by atoms with Crippen molar-refractivity contribution in [3.63, 3.8) is 0 Å². The summed E-state index contributed by atoms with van der Waals surface area (Å²) in [4.78, 5) is 41.0. The van der Waals surface area contributed by atoms with Crippen LogP contribution in [0.1, 0.15) is 11.6 Å². The van der Waals surface area contributed by atoms with Gasteiger partial charge in [0.05, 0.1) is 30.5 Å². The lowest BCUT2D eigenvalue weighted by Gasteiger charge is -2.33. The minimum Gasteiger partial charge on any atom is -0.383 e. The van der Waals surface area contributed by atoms with Gasteiger partial charge in [-0.3, -0.25) is 14.5 Å². The van der Waals surface area contributed by atoms with Gasteiger partial charge in [0.25, 0.3) is 5.91 Å². The number of amides is 4. The first-order valence-corrected chi connectivity index (χ1v) is 9.57. The van der Waals surface area contributed by atoms with Gasteiger partial charge in [-0.25, -0.2) is 4.79 Å². The number of hydrogen-bond donors (Lipinski definition) is 2. The van der Waals surface area contributed by atoms with E-state index in [-0.39, 0.29) is 37.5 Å². The third-order valence-electron chi connectivity index (χ3n) is 4.79. The van der Waals surface area contributed by atoms with Crippen molar-refractivity contribution < 1.29 is 19.1 Å². The molecule has 3 rings (SSSR count). The van der Waals surface area contributed by atoms with Crippen LogP contribution in [0.4, 0.5) is 4.79 Å². The molecule has 4 amide bonds. The number of carbonyl (C=O) groups excluding carboxylic acids is 3. The Bertz CT molecular complexity index is 870. The van der Waals surface area contributed by atoms with Crippen LogP contribution in [-0.4, -0.2) is 67.5 Å². The Kier molecular flexibility index (Phi) is 6.56. The second-order valence-electron chi connectivity index (χ2n) is 6.67. The van der Waals surface area contributed by atoms with E-state index >= 15 is 0 Å². The fourth-order valence-corrected chi connectivity index (χ4v) is 3.71. The molecule has 154 valence electrons. The van der Waals surface area contributed by atoms with Crippen molar-refractivity contribution in [3.05, 3.63) is 58.8 Å². The van der Waals surface area contributed by atoms with Crippen molar-refractivity contribution in [2.45, 2.75) is 6.04 Å². The number of nitrogens with zero attached hydrogens (tertiary/aromatic N) is 2. The van der Waals surface area contributed by atoms with E-state index in [1.807, 2.05) is 0 Å². The van der Waals surface area contributed by atoms with Gasteiger partial charge < -0.3 is 20.3 Å². The van der Waals surface area contributed by atoms with E-state index in [0.29, 0.717) is 35.0 Å². The fourth-order valence-electron chi connectivity index (χ4n) is 3.46. The Hall–Kier alpha value is -2.84. The summed E-state index contributed by atoms with van der Waals surface area (Å²) in [7, 11) is 1.54. The molecule has 0 bridgehead atoms. The lowest BCUT2D eigenvalue weighted by atomic mass is 9.95. The van der Waals surface area contributed by atoms with E-state index < -0.39 is 6.04 Å². The summed E-state index contributed by atoms with van der Waals surface area (Å²) in [5, 5.41) is 6.01. The zero-order chi connectivity index (χ0) is 21.0. The van der Waals surface area contributed by atoms with E-state index in [1.54, 1.807) is 37.5 Å². The molecule has 2 aliphatic rings. The first-order chi connectivity index (χ1) is 14.0. The second-order valence-corrected chi connectivity index (χ2v) is 7.07. The van der Waals surface area contributed by atoms with Gasteiger partial charge in [0.15, 0.2) is 0 Å². The Labute approximate surface area is 174 Å². The third kappa shape index (κ3) is 4.28. The van der Waals surface area contributed by atoms with Crippen molar-refractivity contribution in [2.75, 3.05) is 39.9 Å². The SMILES string of the molecule is C=CCN1C(=O)N[C@H](c2ccccc2Cl)C2=C1CN(CC(=O)NCCOC)C2=O. The highest BCUT2D eigenvalue weighted by Crippen LogP contribution is 2.38. The summed E-state index contributed by atoms with van der Waals surface area (Å²) in [6.45, 7) is 4.72. The number of ether oxygens (including phenoxy) is 1. The van der Waals surface area contributed by atoms with E-state index in [2.05, 4.69) is 17.2 Å². The lowest BCUT2D eigenvalue weighted by molar-refractivity contribution is -0.132. The summed E-state index contributed by atoms with van der Waals surface area (Å²) in [6, 6.07) is 6.04. The summed E-state index contributed by atoms with van der Waals surface area (Å²) in [5.74, 6) is -0.597. The van der Waals surface area contributed by atoms with Gasteiger partial charge in [0.1, 0.15) is 6.54 Å². The maximum absolute atomic E-state index is 13.2. The number of nitrogens with one attached hydrogen (secondary N) is 2. The van der Waals surface area contributed by atoms with E-state index in [9.17, 15) is 14.4 Å². The minimum absolute atomic E-state index is 0.110. The van der Waals surface area contributed by atoms with Gasteiger partial charge in [-0.2, -0.15) is 0 Å². The van der Waals surface area contributed by atoms with Gasteiger partial charge in [-0.15, -0.1) is 6.58 Å². The standard InChI is InChI=1S/C20H23ClN4O4/c1-3-9-25-15-11-24(12-16(26)22-8-10-29-2)19(27)17(15)18(23-20(25)28)13-6-4-5-7-14(13)21/h3-7,18H,1,8-12H2,2H3,(H,22,26)(H,23,28)/t18-/m1/s1. The average Bonchev–Trinajstić information content (AvgIpc) is 3.01. The van der Waals surface area contributed by atoms with Crippen LogP contribution < -0.4 is 10.6 Å². The summed E-state index contributed by atoms with van der Waals surface area (Å²) in [5.41, 5.74) is 1.62. The number of carbonyl (C=O) groups is 3. The molecule has 0 saturated heterocycles. The van der Waals surface area contributed by atoms with E-state index in [0.717, 1.165) is 0 Å². The zero-order valence-electron chi connectivity index (χ0n) is 16.1. The Morgan fingerprint density at radius 3 is 2.86 bits per heavy atom. The van der Waals surface area contributed by atoms with Gasteiger partial charge in [-0.05, 0) is 11.6 Å². The minimum atomic E-state index is -0.679. The van der Waals surface area contributed by atoms with Gasteiger partial charge >= 0.3 is 6.03 Å². The molecule has 0 aliphatic carbocycles. The van der Waals surface area contributed by atoms with Crippen molar-refractivity contribution in [1.82, 2.24) is 20.4 Å². The molecule has 29 heavy (non-hydrogen) atoms. The predicted molar refractivity (Wildman–Crippen MR) is 108 cm³/mol. The summed E-state index contributed by atoms with van der Waals surface area (Å²) in [6.07, 6.45) is 1.59. The van der Waals surface area contributed by atoms with Gasteiger partial charge in [0.2, 0.25) is 5.91 Å². The molecule has 0 unspecified atom stereocenters. The summed E-state index contributed by atoms with van der Waals surface area (Å²) < 4.78 is 4.91. The molecule has 0 spiro atoms. The molecular weight excluding hydrogens is 396 g/mol. The van der Waals surface area contributed by atoms with Gasteiger partial charge in [-0.1, -0.05) is 35.9 Å². The first kappa shape index (κ1) is 20.9. The van der Waals surface area contributed by atoms with E-state index in [1.165, 1.54) is 9.80 Å². The molecule has 1 aromatic carbocycles. The highest BCUT2D eigenvalue weighted by atomic mass is 35.5. The normalized spacial score (nSPS) is 18.6. The molecule has 0 radical (unpaired) electrons. The molecular formula is C20H23ClN4O4. The number of urea groups is 1. The van der Waals surface area contributed by atoms with Crippen molar-refractivity contribution in [1.29, 1.82) is 0 Å². The van der Waals surface area contributed by atoms with Crippen LogP contribution in [0.5, 0.6) is 0 Å². The van der Waals surface area contributed by atoms with Crippen LogP contribution in [0.2, 0.25) is 5.02 Å². The maximum Gasteiger partial charge on any atom is 0.322 e. The molecule has 0 fully saturated rings. The van der Waals surface area contributed by atoms with Crippen LogP contribution in [0.25, 0.3) is 0 Å². The third-order valence-corrected chi connectivity index (χ3v) is 5.13. The molecule has 8 nitrogen and oxygen atoms in total. The molecule has 2 heterocycles. The fraction of sp³-hybridized carbons (Fsp3) is 0.350. The predicted octanol–water partition coefficient (Wildman–Crippen LogP) is 1.45. The number of halogens is 1. The maximum atomic E-state index is 13.2. The second kappa shape index (κ2) is 9.11. The van der Waals surface area contributed by atoms with E-state index in [4.69, 9.17) is 16.3 Å². The molecule has 2 N–H and O–H groups in total. The highest BCUT2D eigenvalue weighted by molar-refractivity contribution is 6.31. The monoisotopic (exact) mass is 418 g/mol. The number of methoxy groups -OCH3 is 1. The zero-order valence-corrected chi connectivity index (χ0v) is 16.9. The topological polar surface area (TPSA) is 91.0 Å². The Morgan fingerprint density at radius 1 is 1.41 bits per heavy atom. The van der Waals surface area contributed by atoms with Crippen LogP contribution in [0, 0.1) is 0 Å². The van der Waals surface area contributed by atoms with Crippen molar-refractivity contribution in [2.24, 2.45) is 0 Å². The number of hydrogen-bond acceptors (Lipinski definition) is 4. The molecule has 2 aliphatic heterocycles. The molecule has 0 saturated carbocycles. The van der Waals surface area contributed by atoms with Crippen LogP contribution >= 0.6 is 11.6 Å². The van der Waals surface area contributed by atoms with Crippen molar-refractivity contribution >= 4 is 29.4 Å². The Balaban J connectivity index is 1.89. The first-order valence-electron chi connectivity index (χ1n) is 9.19. The lowest BCUT2D eigenvalue weighted by Crippen LogP contribution is -2.47. The molecule has 1 atom stereocenters. The average molecular weight is 419 g/mol. The number of rotatable bonds is 8. The van der Waals surface area contributed by atoms with Crippen LogP contribution in [0.15, 0.2) is 48.2 Å². The molecule has 9 heteroatoms. The molecule has 0 aromatic heterocycles.